The molecule has 0 saturated heterocycles. The second-order valence-electron chi connectivity index (χ2n) is 5.11. The van der Waals surface area contributed by atoms with E-state index >= 15 is 0 Å². The van der Waals surface area contributed by atoms with Gasteiger partial charge in [0, 0.05) is 11.3 Å². The van der Waals surface area contributed by atoms with Crippen molar-refractivity contribution in [2.75, 3.05) is 11.9 Å². The molecule has 0 spiro atoms. The predicted molar refractivity (Wildman–Crippen MR) is 85.0 cm³/mol. The van der Waals surface area contributed by atoms with Gasteiger partial charge < -0.3 is 15.8 Å². The van der Waals surface area contributed by atoms with Crippen molar-refractivity contribution in [2.45, 2.75) is 13.8 Å². The molecule has 0 aromatic heterocycles. The molecule has 0 aliphatic carbocycles. The van der Waals surface area contributed by atoms with Crippen LogP contribution in [0, 0.1) is 13.8 Å². The van der Waals surface area contributed by atoms with Gasteiger partial charge in [-0.3, -0.25) is 9.59 Å². The summed E-state index contributed by atoms with van der Waals surface area (Å²) < 4.78 is 5.19. The molecule has 2 rings (SSSR count). The van der Waals surface area contributed by atoms with Gasteiger partial charge in [-0.05, 0) is 55.3 Å². The average Bonchev–Trinajstić information content (AvgIpc) is 2.44. The molecule has 0 unspecified atom stereocenters. The minimum atomic E-state index is -0.565. The highest BCUT2D eigenvalue weighted by atomic mass is 16.5. The molecule has 5 heteroatoms. The lowest BCUT2D eigenvalue weighted by Crippen LogP contribution is -2.20. The van der Waals surface area contributed by atoms with Crippen LogP contribution in [-0.2, 0) is 4.79 Å². The van der Waals surface area contributed by atoms with E-state index in [4.69, 9.17) is 10.5 Å². The van der Waals surface area contributed by atoms with E-state index in [1.54, 1.807) is 24.3 Å². The van der Waals surface area contributed by atoms with Gasteiger partial charge in [0.25, 0.3) is 11.8 Å². The van der Waals surface area contributed by atoms with Crippen LogP contribution >= 0.6 is 0 Å². The maximum atomic E-state index is 12.3. The quantitative estimate of drug-likeness (QED) is 0.889. The number of nitrogens with one attached hydrogen (secondary N) is 1. The van der Waals surface area contributed by atoms with E-state index in [1.165, 1.54) is 0 Å². The molecule has 2 aromatic carbocycles. The highest BCUT2D eigenvalue weighted by Crippen LogP contribution is 2.17. The van der Waals surface area contributed by atoms with Crippen LogP contribution in [0.3, 0.4) is 0 Å². The number of benzene rings is 2. The van der Waals surface area contributed by atoms with E-state index in [0.717, 1.165) is 16.8 Å². The van der Waals surface area contributed by atoms with Crippen LogP contribution in [0.2, 0.25) is 0 Å². The number of amides is 2. The van der Waals surface area contributed by atoms with Crippen LogP contribution in [-0.4, -0.2) is 18.4 Å². The summed E-state index contributed by atoms with van der Waals surface area (Å²) in [6, 6.07) is 12.4. The third-order valence-corrected chi connectivity index (χ3v) is 2.96. The van der Waals surface area contributed by atoms with E-state index in [-0.39, 0.29) is 12.5 Å². The van der Waals surface area contributed by atoms with Gasteiger partial charge in [0.2, 0.25) is 0 Å². The van der Waals surface area contributed by atoms with E-state index in [0.29, 0.717) is 11.3 Å². The van der Waals surface area contributed by atoms with Crippen molar-refractivity contribution in [1.82, 2.24) is 0 Å². The van der Waals surface area contributed by atoms with E-state index in [2.05, 4.69) is 5.32 Å². The smallest absolute Gasteiger partial charge is 0.255 e. The Labute approximate surface area is 129 Å². The zero-order chi connectivity index (χ0) is 16.1. The molecule has 22 heavy (non-hydrogen) atoms. The number of nitrogens with two attached hydrogens (primary N) is 1. The maximum Gasteiger partial charge on any atom is 0.255 e. The van der Waals surface area contributed by atoms with Gasteiger partial charge in [-0.2, -0.15) is 0 Å². The lowest BCUT2D eigenvalue weighted by molar-refractivity contribution is -0.119. The van der Waals surface area contributed by atoms with E-state index < -0.39 is 5.91 Å². The molecule has 5 nitrogen and oxygen atoms in total. The summed E-state index contributed by atoms with van der Waals surface area (Å²) >= 11 is 0. The lowest BCUT2D eigenvalue weighted by Gasteiger charge is -2.09. The number of carbonyl (C=O) groups is 2. The zero-order valence-electron chi connectivity index (χ0n) is 12.6. The van der Waals surface area contributed by atoms with Crippen molar-refractivity contribution < 1.29 is 14.3 Å². The van der Waals surface area contributed by atoms with E-state index in [9.17, 15) is 9.59 Å². The largest absolute Gasteiger partial charge is 0.484 e. The van der Waals surface area contributed by atoms with Gasteiger partial charge in [-0.15, -0.1) is 0 Å². The fourth-order valence-electron chi connectivity index (χ4n) is 2.13. The number of hydrogen-bond donors (Lipinski definition) is 2. The Hall–Kier alpha value is -2.82. The number of anilines is 1. The highest BCUT2D eigenvalue weighted by Gasteiger charge is 2.08. The summed E-state index contributed by atoms with van der Waals surface area (Å²) in [7, 11) is 0. The molecule has 114 valence electrons. The fraction of sp³-hybridized carbons (Fsp3) is 0.176. The standard InChI is InChI=1S/C17H18N2O3/c1-11-6-12(2)8-14(7-11)19-17(21)13-4-3-5-15(9-13)22-10-16(18)20/h3-9H,10H2,1-2H3,(H2,18,20)(H,19,21). The number of hydrogen-bond acceptors (Lipinski definition) is 3. The van der Waals surface area contributed by atoms with Gasteiger partial charge in [0.15, 0.2) is 6.61 Å². The Morgan fingerprint density at radius 2 is 1.77 bits per heavy atom. The van der Waals surface area contributed by atoms with Gasteiger partial charge in [-0.1, -0.05) is 12.1 Å². The summed E-state index contributed by atoms with van der Waals surface area (Å²) in [5, 5.41) is 2.85. The fourth-order valence-corrected chi connectivity index (χ4v) is 2.13. The Morgan fingerprint density at radius 3 is 2.41 bits per heavy atom. The monoisotopic (exact) mass is 298 g/mol. The number of rotatable bonds is 5. The normalized spacial score (nSPS) is 10.1. The molecule has 2 aromatic rings. The predicted octanol–water partition coefficient (Wildman–Crippen LogP) is 2.42. The topological polar surface area (TPSA) is 81.4 Å². The Morgan fingerprint density at radius 1 is 1.09 bits per heavy atom. The number of aryl methyl sites for hydroxylation is 2. The third-order valence-electron chi connectivity index (χ3n) is 2.96. The van der Waals surface area contributed by atoms with Crippen molar-refractivity contribution in [3.63, 3.8) is 0 Å². The first-order valence-electron chi connectivity index (χ1n) is 6.85. The molecule has 3 N–H and O–H groups in total. The summed E-state index contributed by atoms with van der Waals surface area (Å²) in [5.41, 5.74) is 8.37. The molecule has 0 aliphatic rings. The molecule has 0 fully saturated rings. The molecule has 0 bridgehead atoms. The summed E-state index contributed by atoms with van der Waals surface area (Å²) in [6.07, 6.45) is 0. The van der Waals surface area contributed by atoms with Crippen molar-refractivity contribution in [1.29, 1.82) is 0 Å². The average molecular weight is 298 g/mol. The van der Waals surface area contributed by atoms with Crippen LogP contribution in [0.25, 0.3) is 0 Å². The molecule has 2 amide bonds. The highest BCUT2D eigenvalue weighted by molar-refractivity contribution is 6.04. The Kier molecular flexibility index (Phi) is 4.78. The van der Waals surface area contributed by atoms with Crippen molar-refractivity contribution in [2.24, 2.45) is 5.73 Å². The van der Waals surface area contributed by atoms with E-state index in [1.807, 2.05) is 32.0 Å². The SMILES string of the molecule is Cc1cc(C)cc(NC(=O)c2cccc(OCC(N)=O)c2)c1. The first-order chi connectivity index (χ1) is 10.4. The minimum absolute atomic E-state index is 0.220. The molecule has 0 atom stereocenters. The van der Waals surface area contributed by atoms with Crippen molar-refractivity contribution in [3.8, 4) is 5.75 Å². The summed E-state index contributed by atoms with van der Waals surface area (Å²) in [6.45, 7) is 3.73. The van der Waals surface area contributed by atoms with Crippen molar-refractivity contribution >= 4 is 17.5 Å². The Bertz CT molecular complexity index is 691. The second-order valence-corrected chi connectivity index (χ2v) is 5.11. The second kappa shape index (κ2) is 6.76. The minimum Gasteiger partial charge on any atom is -0.484 e. The maximum absolute atomic E-state index is 12.3. The van der Waals surface area contributed by atoms with Gasteiger partial charge in [0.05, 0.1) is 0 Å². The summed E-state index contributed by atoms with van der Waals surface area (Å²) in [5.74, 6) is -0.383. The molecule has 0 radical (unpaired) electrons. The van der Waals surface area contributed by atoms with Crippen molar-refractivity contribution in [3.05, 3.63) is 59.2 Å². The number of carbonyl (C=O) groups excluding carboxylic acids is 2. The number of primary amides is 1. The van der Waals surface area contributed by atoms with Gasteiger partial charge >= 0.3 is 0 Å². The first kappa shape index (κ1) is 15.6. The van der Waals surface area contributed by atoms with Crippen LogP contribution in [0.15, 0.2) is 42.5 Å². The molecule has 0 aliphatic heterocycles. The molecule has 0 saturated carbocycles. The molecular formula is C17H18N2O3. The van der Waals surface area contributed by atoms with Gasteiger partial charge in [0.1, 0.15) is 5.75 Å². The first-order valence-corrected chi connectivity index (χ1v) is 6.85. The van der Waals surface area contributed by atoms with Crippen LogP contribution in [0.5, 0.6) is 5.75 Å². The third kappa shape index (κ3) is 4.34. The molecular weight excluding hydrogens is 280 g/mol. The van der Waals surface area contributed by atoms with Gasteiger partial charge in [-0.25, -0.2) is 0 Å². The van der Waals surface area contributed by atoms with Crippen LogP contribution in [0.1, 0.15) is 21.5 Å². The Balaban J connectivity index is 2.12. The van der Waals surface area contributed by atoms with Crippen LogP contribution < -0.4 is 15.8 Å². The number of ether oxygens (including phenoxy) is 1. The molecule has 0 heterocycles. The lowest BCUT2D eigenvalue weighted by atomic mass is 10.1. The zero-order valence-corrected chi connectivity index (χ0v) is 12.6. The van der Waals surface area contributed by atoms with Crippen LogP contribution in [0.4, 0.5) is 5.69 Å². The summed E-state index contributed by atoms with van der Waals surface area (Å²) in [4.78, 5) is 23.0.